The number of halogens is 1. The molecule has 0 heterocycles. The molecular formula is C23H48ClNO2. The largest absolute Gasteiger partial charge is 1.00 e. The molecule has 0 aliphatic heterocycles. The van der Waals surface area contributed by atoms with E-state index in [-0.39, 0.29) is 12.4 Å². The van der Waals surface area contributed by atoms with Crippen molar-refractivity contribution in [2.24, 2.45) is 0 Å². The van der Waals surface area contributed by atoms with Crippen molar-refractivity contribution in [3.63, 3.8) is 0 Å². The van der Waals surface area contributed by atoms with Crippen molar-refractivity contribution in [3.8, 4) is 0 Å². The summed E-state index contributed by atoms with van der Waals surface area (Å²) < 4.78 is 0.337. The summed E-state index contributed by atoms with van der Waals surface area (Å²) in [6.45, 7) is 6.66. The third kappa shape index (κ3) is 15.5. The molecule has 0 fully saturated rings. The van der Waals surface area contributed by atoms with Crippen molar-refractivity contribution in [1.29, 1.82) is 0 Å². The molecule has 2 atom stereocenters. The fourth-order valence-electron chi connectivity index (χ4n) is 3.39. The first-order valence-electron chi connectivity index (χ1n) is 11.3. The van der Waals surface area contributed by atoms with E-state index in [4.69, 9.17) is 0 Å². The molecule has 3 nitrogen and oxygen atoms in total. The summed E-state index contributed by atoms with van der Waals surface area (Å²) in [5.41, 5.74) is 0. The zero-order valence-electron chi connectivity index (χ0n) is 18.6. The van der Waals surface area contributed by atoms with Gasteiger partial charge in [-0.3, -0.25) is 4.48 Å². The Hall–Kier alpha value is -0.0900. The van der Waals surface area contributed by atoms with Crippen LogP contribution in [-0.2, 0) is 0 Å². The van der Waals surface area contributed by atoms with Gasteiger partial charge in [0.15, 0.2) is 12.5 Å². The van der Waals surface area contributed by atoms with Crippen LogP contribution in [0.5, 0.6) is 0 Å². The van der Waals surface area contributed by atoms with Gasteiger partial charge in [-0.1, -0.05) is 70.4 Å². The van der Waals surface area contributed by atoms with E-state index in [0.717, 1.165) is 13.0 Å². The second-order valence-corrected chi connectivity index (χ2v) is 8.27. The lowest BCUT2D eigenvalue weighted by Crippen LogP contribution is -3.00. The number of rotatable bonds is 18. The number of aliphatic hydroxyl groups excluding tert-OH is 2. The van der Waals surface area contributed by atoms with Gasteiger partial charge in [-0.05, 0) is 38.5 Å². The van der Waals surface area contributed by atoms with E-state index in [1.807, 2.05) is 7.05 Å². The Kier molecular flexibility index (Phi) is 20.7. The summed E-state index contributed by atoms with van der Waals surface area (Å²) in [5.74, 6) is 0. The Morgan fingerprint density at radius 3 is 1.44 bits per heavy atom. The Bertz CT molecular complexity index is 324. The second kappa shape index (κ2) is 19.2. The van der Waals surface area contributed by atoms with Crippen LogP contribution >= 0.6 is 0 Å². The zero-order chi connectivity index (χ0) is 19.7. The van der Waals surface area contributed by atoms with Crippen LogP contribution in [0.25, 0.3) is 0 Å². The molecule has 0 saturated carbocycles. The van der Waals surface area contributed by atoms with Crippen LogP contribution < -0.4 is 12.4 Å². The van der Waals surface area contributed by atoms with Gasteiger partial charge in [0.05, 0.1) is 13.6 Å². The fraction of sp³-hybridized carbons (Fsp3) is 0.913. The molecule has 27 heavy (non-hydrogen) atoms. The lowest BCUT2D eigenvalue weighted by molar-refractivity contribution is -0.990. The van der Waals surface area contributed by atoms with Crippen molar-refractivity contribution >= 4 is 0 Å². The van der Waals surface area contributed by atoms with Gasteiger partial charge in [0.2, 0.25) is 0 Å². The average Bonchev–Trinajstić information content (AvgIpc) is 2.60. The Morgan fingerprint density at radius 1 is 0.667 bits per heavy atom. The molecule has 0 rings (SSSR count). The molecule has 0 aromatic heterocycles. The average molecular weight is 406 g/mol. The summed E-state index contributed by atoms with van der Waals surface area (Å²) >= 11 is 0. The molecule has 0 aliphatic rings. The predicted octanol–water partition coefficient (Wildman–Crippen LogP) is 3.15. The number of aliphatic hydroxyl groups is 2. The van der Waals surface area contributed by atoms with Crippen molar-refractivity contribution in [2.45, 2.75) is 123 Å². The molecule has 0 aromatic rings. The van der Waals surface area contributed by atoms with Gasteiger partial charge in [-0.15, -0.1) is 0 Å². The van der Waals surface area contributed by atoms with E-state index in [9.17, 15) is 10.2 Å². The third-order valence-electron chi connectivity index (χ3n) is 5.86. The highest BCUT2D eigenvalue weighted by molar-refractivity contribution is 4.81. The summed E-state index contributed by atoms with van der Waals surface area (Å²) in [6.07, 6.45) is 22.0. The smallest absolute Gasteiger partial charge is 0.189 e. The summed E-state index contributed by atoms with van der Waals surface area (Å²) in [5, 5.41) is 19.7. The van der Waals surface area contributed by atoms with Crippen molar-refractivity contribution in [3.05, 3.63) is 12.2 Å². The first-order valence-corrected chi connectivity index (χ1v) is 11.3. The minimum atomic E-state index is -0.516. The topological polar surface area (TPSA) is 40.5 Å². The quantitative estimate of drug-likeness (QED) is 0.159. The van der Waals surface area contributed by atoms with Gasteiger partial charge in [0.25, 0.3) is 0 Å². The predicted molar refractivity (Wildman–Crippen MR) is 114 cm³/mol. The Morgan fingerprint density at radius 2 is 1.04 bits per heavy atom. The van der Waals surface area contributed by atoms with Gasteiger partial charge in [-0.25, -0.2) is 0 Å². The molecular weight excluding hydrogens is 358 g/mol. The maximum Gasteiger partial charge on any atom is 0.189 e. The van der Waals surface area contributed by atoms with Gasteiger partial charge in [0.1, 0.15) is 0 Å². The number of unbranched alkanes of at least 4 members (excludes halogenated alkanes) is 12. The highest BCUT2D eigenvalue weighted by Gasteiger charge is 2.31. The number of hydrogen-bond donors (Lipinski definition) is 2. The highest BCUT2D eigenvalue weighted by atomic mass is 35.5. The number of hydrogen-bond acceptors (Lipinski definition) is 2. The number of nitrogens with zero attached hydrogens (tertiary/aromatic N) is 1. The maximum atomic E-state index is 9.87. The Labute approximate surface area is 176 Å². The van der Waals surface area contributed by atoms with Crippen LogP contribution in [0.4, 0.5) is 0 Å². The molecule has 0 aromatic carbocycles. The van der Waals surface area contributed by atoms with E-state index >= 15 is 0 Å². The third-order valence-corrected chi connectivity index (χ3v) is 5.86. The lowest BCUT2D eigenvalue weighted by Gasteiger charge is -2.39. The van der Waals surface area contributed by atoms with E-state index in [1.54, 1.807) is 13.8 Å². The Balaban J connectivity index is 0. The molecule has 0 bridgehead atoms. The van der Waals surface area contributed by atoms with Crippen LogP contribution in [0.3, 0.4) is 0 Å². The van der Waals surface area contributed by atoms with Gasteiger partial charge in [0, 0.05) is 13.8 Å². The van der Waals surface area contributed by atoms with Crippen LogP contribution in [0.1, 0.15) is 111 Å². The summed E-state index contributed by atoms with van der Waals surface area (Å²) in [7, 11) is 1.94. The van der Waals surface area contributed by atoms with Crippen molar-refractivity contribution in [2.75, 3.05) is 13.6 Å². The van der Waals surface area contributed by atoms with Crippen molar-refractivity contribution in [1.82, 2.24) is 0 Å². The fourth-order valence-corrected chi connectivity index (χ4v) is 3.39. The molecule has 0 radical (unpaired) electrons. The van der Waals surface area contributed by atoms with Crippen LogP contribution in [-0.4, -0.2) is 40.7 Å². The minimum absolute atomic E-state index is 0. The van der Waals surface area contributed by atoms with Crippen LogP contribution in [0, 0.1) is 0 Å². The summed E-state index contributed by atoms with van der Waals surface area (Å²) in [6, 6.07) is 0. The minimum Gasteiger partial charge on any atom is -1.00 e. The SMILES string of the molecule is CCCCCCCC/C=C\CCCCCCCC[N+](C)(C(C)O)C(C)O.[Cl-]. The van der Waals surface area contributed by atoms with Gasteiger partial charge < -0.3 is 22.6 Å². The normalized spacial score (nSPS) is 16.1. The van der Waals surface area contributed by atoms with E-state index in [2.05, 4.69) is 19.1 Å². The molecule has 2 N–H and O–H groups in total. The molecule has 164 valence electrons. The van der Waals surface area contributed by atoms with Crippen LogP contribution in [0.15, 0.2) is 12.2 Å². The number of allylic oxidation sites excluding steroid dienone is 2. The molecule has 2 unspecified atom stereocenters. The molecule has 0 amide bonds. The monoisotopic (exact) mass is 405 g/mol. The molecule has 0 aliphatic carbocycles. The van der Waals surface area contributed by atoms with Gasteiger partial charge in [-0.2, -0.15) is 0 Å². The number of quaternary nitrogens is 1. The summed E-state index contributed by atoms with van der Waals surface area (Å²) in [4.78, 5) is 0. The molecule has 0 spiro atoms. The van der Waals surface area contributed by atoms with E-state index in [0.29, 0.717) is 4.48 Å². The molecule has 4 heteroatoms. The van der Waals surface area contributed by atoms with E-state index < -0.39 is 12.5 Å². The van der Waals surface area contributed by atoms with Crippen molar-refractivity contribution < 1.29 is 27.1 Å². The van der Waals surface area contributed by atoms with Gasteiger partial charge >= 0.3 is 0 Å². The highest BCUT2D eigenvalue weighted by Crippen LogP contribution is 2.16. The standard InChI is InChI=1S/C23H48NO2.ClH/c1-5-6-7-8-9-10-11-12-13-14-15-16-17-18-19-20-21-24(4,22(2)25)23(3)26;/h12-13,22-23,25-26H,5-11,14-21H2,1-4H3;1H/q+1;/p-1/b13-12-;. The first kappa shape index (κ1) is 29.1. The van der Waals surface area contributed by atoms with E-state index in [1.165, 1.54) is 83.5 Å². The second-order valence-electron chi connectivity index (χ2n) is 8.27. The van der Waals surface area contributed by atoms with Crippen LogP contribution in [0.2, 0.25) is 0 Å². The first-order chi connectivity index (χ1) is 12.4. The lowest BCUT2D eigenvalue weighted by atomic mass is 10.1. The molecule has 0 saturated heterocycles. The maximum absolute atomic E-state index is 9.87. The zero-order valence-corrected chi connectivity index (χ0v) is 19.4.